The lowest BCUT2D eigenvalue weighted by Crippen LogP contribution is -2.55. The number of esters is 1. The second-order valence-corrected chi connectivity index (χ2v) is 9.83. The van der Waals surface area contributed by atoms with E-state index in [1.54, 1.807) is 33.5 Å². The number of hydrogen-bond acceptors (Lipinski definition) is 8. The maximum atomic E-state index is 12.7. The van der Waals surface area contributed by atoms with Gasteiger partial charge in [0.15, 0.2) is 11.5 Å². The number of carbonyl (C=O) groups excluding carboxylic acids is 1. The Morgan fingerprint density at radius 2 is 1.94 bits per heavy atom. The van der Waals surface area contributed by atoms with Crippen LogP contribution in [-0.4, -0.2) is 70.0 Å². The van der Waals surface area contributed by atoms with Crippen LogP contribution in [0.4, 0.5) is 5.69 Å². The lowest BCUT2D eigenvalue weighted by atomic mass is 9.68. The number of methoxy groups -OCH3 is 3. The molecular weight excluding hydrogens is 438 g/mol. The minimum atomic E-state index is -0.355. The molecule has 188 valence electrons. The molecule has 0 amide bonds. The van der Waals surface area contributed by atoms with Crippen LogP contribution in [-0.2, 0) is 23.7 Å². The van der Waals surface area contributed by atoms with E-state index in [2.05, 4.69) is 32.2 Å². The lowest BCUT2D eigenvalue weighted by Gasteiger charge is -2.42. The van der Waals surface area contributed by atoms with Gasteiger partial charge in [0.2, 0.25) is 0 Å². The molecule has 1 spiro atoms. The van der Waals surface area contributed by atoms with Gasteiger partial charge >= 0.3 is 5.97 Å². The molecule has 34 heavy (non-hydrogen) atoms. The largest absolute Gasteiger partial charge is 0.493 e. The van der Waals surface area contributed by atoms with Gasteiger partial charge < -0.3 is 33.7 Å². The summed E-state index contributed by atoms with van der Waals surface area (Å²) < 4.78 is 34.6. The molecule has 0 radical (unpaired) electrons. The van der Waals surface area contributed by atoms with Crippen molar-refractivity contribution in [2.24, 2.45) is 5.92 Å². The Morgan fingerprint density at radius 1 is 1.21 bits per heavy atom. The highest BCUT2D eigenvalue weighted by atomic mass is 16.6. The van der Waals surface area contributed by atoms with Crippen LogP contribution in [0.3, 0.4) is 0 Å². The number of epoxide rings is 2. The SMILES string of the molecule is COc1ccc(NCC(=O)O[C@@H]2CC[C@]3(CO3)[C@@H]([C@@]3(C)O[C@@H]3CC=C(C)C)[C@@H]2OC)cc1OC. The summed E-state index contributed by atoms with van der Waals surface area (Å²) in [6.07, 6.45) is 4.07. The van der Waals surface area contributed by atoms with Crippen molar-refractivity contribution in [3.8, 4) is 11.5 Å². The van der Waals surface area contributed by atoms with E-state index in [0.717, 1.165) is 18.5 Å². The Labute approximate surface area is 201 Å². The van der Waals surface area contributed by atoms with Gasteiger partial charge in [-0.2, -0.15) is 0 Å². The zero-order valence-corrected chi connectivity index (χ0v) is 21.0. The number of ether oxygens (including phenoxy) is 6. The fraction of sp³-hybridized carbons (Fsp3) is 0.654. The molecule has 1 aliphatic carbocycles. The first-order chi connectivity index (χ1) is 16.3. The molecule has 0 unspecified atom stereocenters. The van der Waals surface area contributed by atoms with Crippen LogP contribution in [0, 0.1) is 5.92 Å². The molecule has 2 aliphatic heterocycles. The van der Waals surface area contributed by atoms with E-state index in [4.69, 9.17) is 28.4 Å². The molecule has 6 atom stereocenters. The lowest BCUT2D eigenvalue weighted by molar-refractivity contribution is -0.170. The minimum Gasteiger partial charge on any atom is -0.493 e. The van der Waals surface area contributed by atoms with Crippen molar-refractivity contribution in [2.75, 3.05) is 39.8 Å². The van der Waals surface area contributed by atoms with Crippen LogP contribution in [0.1, 0.15) is 40.0 Å². The Bertz CT molecular complexity index is 924. The van der Waals surface area contributed by atoms with Crippen LogP contribution in [0.2, 0.25) is 0 Å². The molecule has 0 bridgehead atoms. The number of allylic oxidation sites excluding steroid dienone is 1. The molecule has 8 nitrogen and oxygen atoms in total. The smallest absolute Gasteiger partial charge is 0.325 e. The third-order valence-electron chi connectivity index (χ3n) is 7.34. The van der Waals surface area contributed by atoms with Gasteiger partial charge in [0.1, 0.15) is 30.0 Å². The Hall–Kier alpha value is -2.29. The molecule has 1 N–H and O–H groups in total. The van der Waals surface area contributed by atoms with Crippen molar-refractivity contribution < 1.29 is 33.2 Å². The second-order valence-electron chi connectivity index (χ2n) is 9.83. The highest BCUT2D eigenvalue weighted by Gasteiger charge is 2.72. The maximum absolute atomic E-state index is 12.7. The third-order valence-corrected chi connectivity index (χ3v) is 7.34. The molecule has 1 aromatic carbocycles. The summed E-state index contributed by atoms with van der Waals surface area (Å²) in [5.74, 6) is 0.884. The van der Waals surface area contributed by atoms with Gasteiger partial charge in [-0.3, -0.25) is 4.79 Å². The van der Waals surface area contributed by atoms with E-state index < -0.39 is 0 Å². The molecule has 4 rings (SSSR count). The van der Waals surface area contributed by atoms with Gasteiger partial charge in [0.25, 0.3) is 0 Å². The van der Waals surface area contributed by atoms with Crippen LogP contribution < -0.4 is 14.8 Å². The quantitative estimate of drug-likeness (QED) is 0.311. The minimum absolute atomic E-state index is 0.00548. The first kappa shape index (κ1) is 24.8. The summed E-state index contributed by atoms with van der Waals surface area (Å²) in [7, 11) is 4.84. The number of carbonyl (C=O) groups is 1. The van der Waals surface area contributed by atoms with Crippen molar-refractivity contribution in [1.29, 1.82) is 0 Å². The summed E-state index contributed by atoms with van der Waals surface area (Å²) in [6, 6.07) is 5.40. The van der Waals surface area contributed by atoms with Gasteiger partial charge in [-0.05, 0) is 52.2 Å². The fourth-order valence-corrected chi connectivity index (χ4v) is 5.40. The summed E-state index contributed by atoms with van der Waals surface area (Å²) >= 11 is 0. The van der Waals surface area contributed by atoms with Crippen molar-refractivity contribution in [3.05, 3.63) is 29.8 Å². The highest BCUT2D eigenvalue weighted by molar-refractivity contribution is 5.75. The van der Waals surface area contributed by atoms with E-state index in [0.29, 0.717) is 24.5 Å². The number of rotatable bonds is 10. The first-order valence-electron chi connectivity index (χ1n) is 11.9. The molecule has 1 aromatic rings. The number of nitrogens with one attached hydrogen (secondary N) is 1. The fourth-order valence-electron chi connectivity index (χ4n) is 5.40. The number of benzene rings is 1. The Balaban J connectivity index is 1.39. The maximum Gasteiger partial charge on any atom is 0.325 e. The van der Waals surface area contributed by atoms with Crippen LogP contribution in [0.25, 0.3) is 0 Å². The van der Waals surface area contributed by atoms with E-state index in [-0.39, 0.29) is 47.9 Å². The average molecular weight is 476 g/mol. The molecule has 1 saturated carbocycles. The predicted octanol–water partition coefficient (Wildman–Crippen LogP) is 3.74. The molecule has 2 heterocycles. The Kier molecular flexibility index (Phi) is 7.12. The molecule has 2 saturated heterocycles. The van der Waals surface area contributed by atoms with Crippen LogP contribution >= 0.6 is 0 Å². The summed E-state index contributed by atoms with van der Waals surface area (Å²) in [5.41, 5.74) is 1.42. The summed E-state index contributed by atoms with van der Waals surface area (Å²) in [5, 5.41) is 3.10. The van der Waals surface area contributed by atoms with Gasteiger partial charge in [-0.1, -0.05) is 11.6 Å². The van der Waals surface area contributed by atoms with Crippen molar-refractivity contribution >= 4 is 11.7 Å². The third kappa shape index (κ3) is 4.90. The zero-order valence-electron chi connectivity index (χ0n) is 21.0. The van der Waals surface area contributed by atoms with Gasteiger partial charge in [0, 0.05) is 18.9 Å². The first-order valence-corrected chi connectivity index (χ1v) is 11.9. The van der Waals surface area contributed by atoms with Gasteiger partial charge in [-0.25, -0.2) is 0 Å². The average Bonchev–Trinajstić information content (AvgIpc) is 3.74. The monoisotopic (exact) mass is 475 g/mol. The number of anilines is 1. The van der Waals surface area contributed by atoms with Crippen molar-refractivity contribution in [2.45, 2.75) is 69.5 Å². The predicted molar refractivity (Wildman–Crippen MR) is 127 cm³/mol. The second kappa shape index (κ2) is 9.76. The topological polar surface area (TPSA) is 91.1 Å². The van der Waals surface area contributed by atoms with Crippen molar-refractivity contribution in [1.82, 2.24) is 0 Å². The normalized spacial score (nSPS) is 33.7. The van der Waals surface area contributed by atoms with Gasteiger partial charge in [-0.15, -0.1) is 0 Å². The van der Waals surface area contributed by atoms with Crippen LogP contribution in [0.5, 0.6) is 11.5 Å². The van der Waals surface area contributed by atoms with E-state index in [9.17, 15) is 4.79 Å². The zero-order chi connectivity index (χ0) is 24.5. The van der Waals surface area contributed by atoms with Crippen molar-refractivity contribution in [3.63, 3.8) is 0 Å². The van der Waals surface area contributed by atoms with E-state index in [1.165, 1.54) is 5.57 Å². The highest BCUT2D eigenvalue weighted by Crippen LogP contribution is 2.59. The molecule has 3 fully saturated rings. The van der Waals surface area contributed by atoms with E-state index in [1.807, 2.05) is 6.07 Å². The molecule has 3 aliphatic rings. The van der Waals surface area contributed by atoms with Crippen LogP contribution in [0.15, 0.2) is 29.8 Å². The summed E-state index contributed by atoms with van der Waals surface area (Å²) in [4.78, 5) is 12.7. The summed E-state index contributed by atoms with van der Waals surface area (Å²) in [6.45, 7) is 7.06. The molecular formula is C26H37NO7. The van der Waals surface area contributed by atoms with Gasteiger partial charge in [0.05, 0.1) is 32.8 Å². The standard InChI is InChI=1S/C26H37NO7/c1-16(2)7-10-21-25(3,34-21)24-23(31-6)19(11-12-26(24)15-32-26)33-22(28)14-27-17-8-9-18(29-4)20(13-17)30-5/h7-9,13,19,21,23-24,27H,10-12,14-15H2,1-6H3/t19-,21-,23-,24-,25+,26+/m1/s1. The van der Waals surface area contributed by atoms with E-state index >= 15 is 0 Å². The number of hydrogen-bond donors (Lipinski definition) is 1. The Morgan fingerprint density at radius 3 is 2.56 bits per heavy atom. The molecule has 0 aromatic heterocycles. The molecule has 8 heteroatoms.